The minimum absolute atomic E-state index is 0.0692. The van der Waals surface area contributed by atoms with Gasteiger partial charge in [-0.3, -0.25) is 10.1 Å². The number of benzene rings is 1. The summed E-state index contributed by atoms with van der Waals surface area (Å²) in [5.74, 6) is -0.466. The molecule has 0 aliphatic heterocycles. The standard InChI is InChI=1S/C12H9ClFN3O2/c1-7-2-5-11(17(18)19)12(15-7)16-8-3-4-10(14)9(13)6-8/h2-6H,1H3,(H,15,16). The molecule has 0 aliphatic rings. The first kappa shape index (κ1) is 13.2. The van der Waals surface area contributed by atoms with E-state index in [1.165, 1.54) is 24.3 Å². The number of halogens is 2. The third-order valence-corrected chi connectivity index (χ3v) is 2.68. The van der Waals surface area contributed by atoms with Crippen LogP contribution in [-0.4, -0.2) is 9.91 Å². The van der Waals surface area contributed by atoms with E-state index in [1.807, 2.05) is 0 Å². The number of aromatic nitrogens is 1. The van der Waals surface area contributed by atoms with E-state index in [-0.39, 0.29) is 16.5 Å². The van der Waals surface area contributed by atoms with E-state index in [4.69, 9.17) is 11.6 Å². The third-order valence-electron chi connectivity index (χ3n) is 2.39. The maximum absolute atomic E-state index is 13.0. The lowest BCUT2D eigenvalue weighted by Crippen LogP contribution is -2.00. The summed E-state index contributed by atoms with van der Waals surface area (Å²) in [5, 5.41) is 13.6. The number of hydrogen-bond acceptors (Lipinski definition) is 4. The quantitative estimate of drug-likeness (QED) is 0.685. The zero-order chi connectivity index (χ0) is 14.0. The Morgan fingerprint density at radius 2 is 2.11 bits per heavy atom. The normalized spacial score (nSPS) is 10.3. The lowest BCUT2D eigenvalue weighted by Gasteiger charge is -2.07. The Bertz CT molecular complexity index is 649. The summed E-state index contributed by atoms with van der Waals surface area (Å²) < 4.78 is 13.0. The summed E-state index contributed by atoms with van der Waals surface area (Å²) in [6, 6.07) is 6.84. The summed E-state index contributed by atoms with van der Waals surface area (Å²) in [7, 11) is 0. The van der Waals surface area contributed by atoms with Gasteiger partial charge in [-0.2, -0.15) is 0 Å². The highest BCUT2D eigenvalue weighted by Crippen LogP contribution is 2.27. The number of nitrogens with one attached hydrogen (secondary N) is 1. The average molecular weight is 282 g/mol. The van der Waals surface area contributed by atoms with Crippen molar-refractivity contribution < 1.29 is 9.31 Å². The molecule has 0 fully saturated rings. The molecule has 0 radical (unpaired) electrons. The Kier molecular flexibility index (Phi) is 3.62. The Morgan fingerprint density at radius 3 is 2.74 bits per heavy atom. The van der Waals surface area contributed by atoms with Gasteiger partial charge in [0.05, 0.1) is 9.95 Å². The molecule has 1 heterocycles. The number of hydrogen-bond donors (Lipinski definition) is 1. The molecule has 2 rings (SSSR count). The van der Waals surface area contributed by atoms with Crippen molar-refractivity contribution in [2.75, 3.05) is 5.32 Å². The van der Waals surface area contributed by atoms with Gasteiger partial charge in [0.1, 0.15) is 5.82 Å². The van der Waals surface area contributed by atoms with Crippen molar-refractivity contribution >= 4 is 28.8 Å². The second-order valence-electron chi connectivity index (χ2n) is 3.83. The topological polar surface area (TPSA) is 68.1 Å². The van der Waals surface area contributed by atoms with Gasteiger partial charge < -0.3 is 5.32 Å². The van der Waals surface area contributed by atoms with Crippen molar-refractivity contribution in [3.63, 3.8) is 0 Å². The number of pyridine rings is 1. The number of rotatable bonds is 3. The minimum Gasteiger partial charge on any atom is -0.334 e. The van der Waals surface area contributed by atoms with E-state index >= 15 is 0 Å². The zero-order valence-corrected chi connectivity index (χ0v) is 10.6. The molecule has 5 nitrogen and oxygen atoms in total. The predicted octanol–water partition coefficient (Wildman–Crippen LogP) is 3.83. The third kappa shape index (κ3) is 2.97. The molecule has 0 aliphatic carbocycles. The molecule has 0 atom stereocenters. The molecule has 0 spiro atoms. The lowest BCUT2D eigenvalue weighted by molar-refractivity contribution is -0.384. The van der Waals surface area contributed by atoms with Crippen LogP contribution in [0.3, 0.4) is 0 Å². The van der Waals surface area contributed by atoms with Crippen LogP contribution in [0.1, 0.15) is 5.69 Å². The highest BCUT2D eigenvalue weighted by molar-refractivity contribution is 6.31. The molecule has 0 unspecified atom stereocenters. The summed E-state index contributed by atoms with van der Waals surface area (Å²) in [4.78, 5) is 14.4. The van der Waals surface area contributed by atoms with Crippen LogP contribution in [0.4, 0.5) is 21.6 Å². The van der Waals surface area contributed by atoms with Gasteiger partial charge in [0.25, 0.3) is 0 Å². The van der Waals surface area contributed by atoms with Crippen molar-refractivity contribution in [3.05, 3.63) is 57.0 Å². The van der Waals surface area contributed by atoms with Crippen molar-refractivity contribution in [1.82, 2.24) is 4.98 Å². The molecular weight excluding hydrogens is 273 g/mol. The van der Waals surface area contributed by atoms with Crippen LogP contribution in [0.15, 0.2) is 30.3 Å². The second kappa shape index (κ2) is 5.19. The van der Waals surface area contributed by atoms with Gasteiger partial charge in [-0.25, -0.2) is 9.37 Å². The van der Waals surface area contributed by atoms with Crippen LogP contribution < -0.4 is 5.32 Å². The van der Waals surface area contributed by atoms with Crippen molar-refractivity contribution in [2.24, 2.45) is 0 Å². The van der Waals surface area contributed by atoms with Crippen LogP contribution in [-0.2, 0) is 0 Å². The summed E-state index contributed by atoms with van der Waals surface area (Å²) in [6.45, 7) is 1.71. The van der Waals surface area contributed by atoms with Gasteiger partial charge in [0.15, 0.2) is 0 Å². The molecule has 2 aromatic rings. The maximum atomic E-state index is 13.0. The summed E-state index contributed by atoms with van der Waals surface area (Å²) in [6.07, 6.45) is 0. The number of aryl methyl sites for hydroxylation is 1. The molecular formula is C12H9ClFN3O2. The van der Waals surface area contributed by atoms with Gasteiger partial charge in [-0.1, -0.05) is 11.6 Å². The van der Waals surface area contributed by atoms with Gasteiger partial charge in [0, 0.05) is 17.4 Å². The molecule has 1 aromatic heterocycles. The second-order valence-corrected chi connectivity index (χ2v) is 4.24. The van der Waals surface area contributed by atoms with E-state index in [2.05, 4.69) is 10.3 Å². The Labute approximate surface area is 113 Å². The van der Waals surface area contributed by atoms with Crippen LogP contribution in [0, 0.1) is 22.9 Å². The molecule has 98 valence electrons. The fraction of sp³-hybridized carbons (Fsp3) is 0.0833. The van der Waals surface area contributed by atoms with Gasteiger partial charge >= 0.3 is 5.69 Å². The molecule has 1 N–H and O–H groups in total. The van der Waals surface area contributed by atoms with E-state index in [9.17, 15) is 14.5 Å². The first-order valence-electron chi connectivity index (χ1n) is 5.31. The fourth-order valence-corrected chi connectivity index (χ4v) is 1.68. The molecule has 19 heavy (non-hydrogen) atoms. The number of nitro groups is 1. The first-order chi connectivity index (χ1) is 8.97. The first-order valence-corrected chi connectivity index (χ1v) is 5.69. The van der Waals surface area contributed by atoms with E-state index in [0.29, 0.717) is 11.4 Å². The molecule has 0 saturated carbocycles. The molecule has 0 amide bonds. The van der Waals surface area contributed by atoms with E-state index in [1.54, 1.807) is 13.0 Å². The Hall–Kier alpha value is -2.21. The molecule has 7 heteroatoms. The van der Waals surface area contributed by atoms with Gasteiger partial charge in [-0.15, -0.1) is 0 Å². The van der Waals surface area contributed by atoms with Crippen LogP contribution in [0.2, 0.25) is 5.02 Å². The average Bonchev–Trinajstić information content (AvgIpc) is 2.33. The smallest absolute Gasteiger partial charge is 0.311 e. The van der Waals surface area contributed by atoms with E-state index in [0.717, 1.165) is 0 Å². The van der Waals surface area contributed by atoms with Crippen molar-refractivity contribution in [1.29, 1.82) is 0 Å². The fourth-order valence-electron chi connectivity index (χ4n) is 1.50. The highest BCUT2D eigenvalue weighted by Gasteiger charge is 2.15. The molecule has 0 saturated heterocycles. The van der Waals surface area contributed by atoms with Gasteiger partial charge in [-0.05, 0) is 31.2 Å². The predicted molar refractivity (Wildman–Crippen MR) is 70.3 cm³/mol. The Balaban J connectivity index is 2.39. The monoisotopic (exact) mass is 281 g/mol. The number of anilines is 2. The maximum Gasteiger partial charge on any atom is 0.311 e. The highest BCUT2D eigenvalue weighted by atomic mass is 35.5. The van der Waals surface area contributed by atoms with Gasteiger partial charge in [0.2, 0.25) is 5.82 Å². The minimum atomic E-state index is -0.557. The van der Waals surface area contributed by atoms with Crippen molar-refractivity contribution in [3.8, 4) is 0 Å². The summed E-state index contributed by atoms with van der Waals surface area (Å²) in [5.41, 5.74) is 0.889. The van der Waals surface area contributed by atoms with Crippen LogP contribution in [0.5, 0.6) is 0 Å². The number of nitrogens with zero attached hydrogens (tertiary/aromatic N) is 2. The molecule has 1 aromatic carbocycles. The van der Waals surface area contributed by atoms with E-state index < -0.39 is 10.7 Å². The zero-order valence-electron chi connectivity index (χ0n) is 9.85. The Morgan fingerprint density at radius 1 is 1.37 bits per heavy atom. The largest absolute Gasteiger partial charge is 0.334 e. The lowest BCUT2D eigenvalue weighted by atomic mass is 10.3. The molecule has 0 bridgehead atoms. The summed E-state index contributed by atoms with van der Waals surface area (Å²) >= 11 is 5.64. The van der Waals surface area contributed by atoms with Crippen LogP contribution >= 0.6 is 11.6 Å². The van der Waals surface area contributed by atoms with Crippen molar-refractivity contribution in [2.45, 2.75) is 6.92 Å². The van der Waals surface area contributed by atoms with Crippen LogP contribution in [0.25, 0.3) is 0 Å². The SMILES string of the molecule is Cc1ccc([N+](=O)[O-])c(Nc2ccc(F)c(Cl)c2)n1.